The van der Waals surface area contributed by atoms with Gasteiger partial charge in [0.1, 0.15) is 5.75 Å². The first-order valence-electron chi connectivity index (χ1n) is 6.39. The van der Waals surface area contributed by atoms with Crippen LogP contribution in [-0.2, 0) is 4.79 Å². The van der Waals surface area contributed by atoms with Crippen LogP contribution in [0.4, 0.5) is 0 Å². The highest BCUT2D eigenvalue weighted by atomic mass is 16.5. The number of hydrogen-bond donors (Lipinski definition) is 2. The Morgan fingerprint density at radius 2 is 1.74 bits per heavy atom. The van der Waals surface area contributed by atoms with Crippen molar-refractivity contribution in [2.75, 3.05) is 0 Å². The zero-order valence-corrected chi connectivity index (χ0v) is 12.2. The summed E-state index contributed by atoms with van der Waals surface area (Å²) in [6.45, 7) is 8.56. The number of benzene rings is 1. The van der Waals surface area contributed by atoms with Crippen molar-refractivity contribution in [1.82, 2.24) is 5.32 Å². The number of carbonyl (C=O) groups is 1. The van der Waals surface area contributed by atoms with Crippen LogP contribution in [0.3, 0.4) is 0 Å². The van der Waals surface area contributed by atoms with E-state index in [0.717, 1.165) is 0 Å². The Bertz CT molecular complexity index is 421. The summed E-state index contributed by atoms with van der Waals surface area (Å²) in [4.78, 5) is 12.1. The third-order valence-corrected chi connectivity index (χ3v) is 3.39. The van der Waals surface area contributed by atoms with E-state index in [4.69, 9.17) is 4.74 Å². The van der Waals surface area contributed by atoms with Crippen molar-refractivity contribution >= 4 is 5.91 Å². The summed E-state index contributed by atoms with van der Waals surface area (Å²) in [5.41, 5.74) is -1.76. The topological polar surface area (TPSA) is 58.6 Å². The van der Waals surface area contributed by atoms with Crippen molar-refractivity contribution in [3.05, 3.63) is 30.3 Å². The minimum absolute atomic E-state index is 0.254. The second kappa shape index (κ2) is 5.61. The quantitative estimate of drug-likeness (QED) is 0.857. The molecule has 0 fully saturated rings. The number of aliphatic hydroxyl groups is 1. The van der Waals surface area contributed by atoms with Crippen LogP contribution in [0.15, 0.2) is 30.3 Å². The number of carbonyl (C=O) groups excluding carboxylic acids is 1. The first kappa shape index (κ1) is 15.5. The summed E-state index contributed by atoms with van der Waals surface area (Å²) in [7, 11) is 0. The lowest BCUT2D eigenvalue weighted by atomic mass is 9.86. The highest BCUT2D eigenvalue weighted by molar-refractivity contribution is 5.81. The number of nitrogens with one attached hydrogen (secondary N) is 1. The van der Waals surface area contributed by atoms with Gasteiger partial charge >= 0.3 is 0 Å². The summed E-state index contributed by atoms with van der Waals surface area (Å²) < 4.78 is 5.54. The van der Waals surface area contributed by atoms with Crippen LogP contribution in [0.25, 0.3) is 0 Å². The van der Waals surface area contributed by atoms with Gasteiger partial charge in [-0.05, 0) is 46.8 Å². The standard InChI is InChI=1S/C15H23NO3/c1-11(19-12-9-7-6-8-10-12)13(17)16-14(2,3)15(4,5)18/h6-11,18H,1-5H3,(H,16,17). The minimum atomic E-state index is -1.02. The molecule has 1 amide bonds. The summed E-state index contributed by atoms with van der Waals surface area (Å²) in [6, 6.07) is 9.17. The van der Waals surface area contributed by atoms with Gasteiger partial charge in [-0.2, -0.15) is 0 Å². The predicted molar refractivity (Wildman–Crippen MR) is 75.1 cm³/mol. The number of hydrogen-bond acceptors (Lipinski definition) is 3. The summed E-state index contributed by atoms with van der Waals surface area (Å²) >= 11 is 0. The van der Waals surface area contributed by atoms with Crippen LogP contribution in [0.5, 0.6) is 5.75 Å². The van der Waals surface area contributed by atoms with Crippen molar-refractivity contribution in [1.29, 1.82) is 0 Å². The molecule has 1 aromatic rings. The van der Waals surface area contributed by atoms with Crippen LogP contribution >= 0.6 is 0 Å². The maximum Gasteiger partial charge on any atom is 0.261 e. The third-order valence-electron chi connectivity index (χ3n) is 3.39. The van der Waals surface area contributed by atoms with E-state index >= 15 is 0 Å². The normalized spacial score (nSPS) is 13.8. The smallest absolute Gasteiger partial charge is 0.261 e. The van der Waals surface area contributed by atoms with Gasteiger partial charge in [0.05, 0.1) is 11.1 Å². The average Bonchev–Trinajstić information content (AvgIpc) is 2.28. The molecule has 0 aromatic heterocycles. The van der Waals surface area contributed by atoms with Crippen LogP contribution in [0, 0.1) is 0 Å². The van der Waals surface area contributed by atoms with Gasteiger partial charge in [0, 0.05) is 0 Å². The number of para-hydroxylation sites is 1. The molecule has 0 spiro atoms. The maximum atomic E-state index is 12.1. The molecule has 1 atom stereocenters. The van der Waals surface area contributed by atoms with Gasteiger partial charge in [-0.1, -0.05) is 18.2 Å². The van der Waals surface area contributed by atoms with Gasteiger partial charge in [-0.15, -0.1) is 0 Å². The molecule has 1 rings (SSSR count). The fourth-order valence-corrected chi connectivity index (χ4v) is 1.32. The fourth-order valence-electron chi connectivity index (χ4n) is 1.32. The lowest BCUT2D eigenvalue weighted by molar-refractivity contribution is -0.132. The molecule has 0 heterocycles. The Morgan fingerprint density at radius 3 is 2.21 bits per heavy atom. The Morgan fingerprint density at radius 1 is 1.21 bits per heavy atom. The maximum absolute atomic E-state index is 12.1. The van der Waals surface area contributed by atoms with Gasteiger partial charge in [0.15, 0.2) is 6.10 Å². The van der Waals surface area contributed by atoms with Gasteiger partial charge in [0.25, 0.3) is 5.91 Å². The molecule has 0 aliphatic carbocycles. The van der Waals surface area contributed by atoms with Gasteiger partial charge < -0.3 is 15.2 Å². The molecular weight excluding hydrogens is 242 g/mol. The second-order valence-corrected chi connectivity index (χ2v) is 5.75. The molecule has 0 radical (unpaired) electrons. The molecule has 4 nitrogen and oxygen atoms in total. The molecule has 19 heavy (non-hydrogen) atoms. The van der Waals surface area contributed by atoms with E-state index in [-0.39, 0.29) is 5.91 Å². The Balaban J connectivity index is 2.64. The summed E-state index contributed by atoms with van der Waals surface area (Å²) in [5.74, 6) is 0.391. The SMILES string of the molecule is CC(Oc1ccccc1)C(=O)NC(C)(C)C(C)(C)O. The van der Waals surface area contributed by atoms with Crippen LogP contribution in [0.2, 0.25) is 0 Å². The van der Waals surface area contributed by atoms with E-state index in [0.29, 0.717) is 5.75 Å². The monoisotopic (exact) mass is 265 g/mol. The predicted octanol–water partition coefficient (Wildman–Crippen LogP) is 2.12. The molecule has 0 saturated carbocycles. The number of rotatable bonds is 5. The van der Waals surface area contributed by atoms with Crippen molar-refractivity contribution in [2.45, 2.75) is 51.9 Å². The minimum Gasteiger partial charge on any atom is -0.481 e. The van der Waals surface area contributed by atoms with Gasteiger partial charge in [-0.3, -0.25) is 4.79 Å². The fraction of sp³-hybridized carbons (Fsp3) is 0.533. The Kier molecular flexibility index (Phi) is 4.58. The molecule has 4 heteroatoms. The number of amides is 1. The van der Waals surface area contributed by atoms with E-state index < -0.39 is 17.2 Å². The molecule has 2 N–H and O–H groups in total. The van der Waals surface area contributed by atoms with E-state index in [1.54, 1.807) is 46.8 Å². The number of ether oxygens (including phenoxy) is 1. The molecule has 0 saturated heterocycles. The zero-order valence-electron chi connectivity index (χ0n) is 12.2. The highest BCUT2D eigenvalue weighted by Crippen LogP contribution is 2.21. The van der Waals surface area contributed by atoms with Crippen molar-refractivity contribution in [2.24, 2.45) is 0 Å². The van der Waals surface area contributed by atoms with E-state index in [9.17, 15) is 9.90 Å². The lowest BCUT2D eigenvalue weighted by Gasteiger charge is -2.38. The third kappa shape index (κ3) is 4.24. The summed E-state index contributed by atoms with van der Waals surface area (Å²) in [6.07, 6.45) is -0.621. The average molecular weight is 265 g/mol. The van der Waals surface area contributed by atoms with Crippen molar-refractivity contribution < 1.29 is 14.6 Å². The second-order valence-electron chi connectivity index (χ2n) is 5.75. The Labute approximate surface area is 114 Å². The molecule has 1 aromatic carbocycles. The molecule has 0 aliphatic heterocycles. The largest absolute Gasteiger partial charge is 0.481 e. The lowest BCUT2D eigenvalue weighted by Crippen LogP contribution is -2.59. The van der Waals surface area contributed by atoms with Crippen molar-refractivity contribution in [3.63, 3.8) is 0 Å². The first-order valence-corrected chi connectivity index (χ1v) is 6.39. The summed E-state index contributed by atoms with van der Waals surface area (Å²) in [5, 5.41) is 12.8. The zero-order chi connectivity index (χ0) is 14.7. The van der Waals surface area contributed by atoms with Crippen LogP contribution in [0.1, 0.15) is 34.6 Å². The van der Waals surface area contributed by atoms with Gasteiger partial charge in [0.2, 0.25) is 0 Å². The Hall–Kier alpha value is -1.55. The molecule has 1 unspecified atom stereocenters. The van der Waals surface area contributed by atoms with Crippen LogP contribution < -0.4 is 10.1 Å². The molecular formula is C15H23NO3. The van der Waals surface area contributed by atoms with E-state index in [2.05, 4.69) is 5.32 Å². The highest BCUT2D eigenvalue weighted by Gasteiger charge is 2.37. The first-order chi connectivity index (χ1) is 8.63. The molecule has 0 bridgehead atoms. The van der Waals surface area contributed by atoms with E-state index in [1.165, 1.54) is 0 Å². The van der Waals surface area contributed by atoms with Crippen molar-refractivity contribution in [3.8, 4) is 5.75 Å². The molecule has 0 aliphatic rings. The van der Waals surface area contributed by atoms with Crippen LogP contribution in [-0.4, -0.2) is 28.3 Å². The van der Waals surface area contributed by atoms with E-state index in [1.807, 2.05) is 18.2 Å². The van der Waals surface area contributed by atoms with Gasteiger partial charge in [-0.25, -0.2) is 0 Å². The molecule has 106 valence electrons.